The minimum atomic E-state index is -0.349. The van der Waals surface area contributed by atoms with E-state index in [1.54, 1.807) is 19.1 Å². The van der Waals surface area contributed by atoms with E-state index < -0.39 is 0 Å². The van der Waals surface area contributed by atoms with Crippen molar-refractivity contribution in [1.29, 1.82) is 0 Å². The third-order valence-corrected chi connectivity index (χ3v) is 5.07. The number of benzene rings is 1. The van der Waals surface area contributed by atoms with Gasteiger partial charge in [0, 0.05) is 10.6 Å². The molecule has 2 heterocycles. The van der Waals surface area contributed by atoms with Gasteiger partial charge in [-0.25, -0.2) is 10.1 Å². The number of thiazole rings is 1. The lowest BCUT2D eigenvalue weighted by Gasteiger charge is -2.09. The van der Waals surface area contributed by atoms with E-state index in [1.165, 1.54) is 0 Å². The van der Waals surface area contributed by atoms with Gasteiger partial charge in [0.15, 0.2) is 5.15 Å². The number of hydrogen-bond donors (Lipinski definition) is 1. The Kier molecular flexibility index (Phi) is 4.23. The molecule has 8 heteroatoms. The van der Waals surface area contributed by atoms with Gasteiger partial charge in [0.1, 0.15) is 9.34 Å². The van der Waals surface area contributed by atoms with Crippen LogP contribution in [0.4, 0.5) is 0 Å². The maximum atomic E-state index is 12.3. The Hall–Kier alpha value is -1.40. The summed E-state index contributed by atoms with van der Waals surface area (Å²) >= 11 is 19.0. The molecule has 0 fully saturated rings. The van der Waals surface area contributed by atoms with E-state index in [9.17, 15) is 4.79 Å². The van der Waals surface area contributed by atoms with Gasteiger partial charge in [-0.15, -0.1) is 0 Å². The van der Waals surface area contributed by atoms with Crippen molar-refractivity contribution < 1.29 is 0 Å². The first-order valence-corrected chi connectivity index (χ1v) is 8.10. The molecule has 1 aromatic carbocycles. The molecule has 1 N–H and O–H groups in total. The zero-order valence-electron chi connectivity index (χ0n) is 11.2. The highest BCUT2D eigenvalue weighted by atomic mass is 35.5. The molecular weight excluding hydrogens is 365 g/mol. The Balaban J connectivity index is 2.32. The van der Waals surface area contributed by atoms with Crippen LogP contribution in [0.5, 0.6) is 0 Å². The van der Waals surface area contributed by atoms with Crippen molar-refractivity contribution in [3.63, 3.8) is 0 Å². The van der Waals surface area contributed by atoms with E-state index in [-0.39, 0.29) is 10.7 Å². The first kappa shape index (κ1) is 15.5. The number of halogens is 3. The van der Waals surface area contributed by atoms with Gasteiger partial charge in [-0.2, -0.15) is 5.10 Å². The number of aromatic nitrogens is 3. The largest absolute Gasteiger partial charge is 0.275 e. The summed E-state index contributed by atoms with van der Waals surface area (Å²) in [4.78, 5) is 16.5. The lowest BCUT2D eigenvalue weighted by atomic mass is 10.00. The number of H-pyrrole nitrogens is 1. The molecular formula is C14H8Cl3N3OS. The number of nitrogens with zero attached hydrogens (tertiary/aromatic N) is 2. The van der Waals surface area contributed by atoms with Crippen molar-refractivity contribution in [2.24, 2.45) is 0 Å². The molecule has 0 aliphatic rings. The summed E-state index contributed by atoms with van der Waals surface area (Å²) in [6.45, 7) is 1.81. The van der Waals surface area contributed by atoms with E-state index in [1.807, 2.05) is 12.1 Å². The van der Waals surface area contributed by atoms with Gasteiger partial charge >= 0.3 is 0 Å². The first-order chi connectivity index (χ1) is 10.5. The van der Waals surface area contributed by atoms with Gasteiger partial charge in [-0.3, -0.25) is 4.79 Å². The van der Waals surface area contributed by atoms with Gasteiger partial charge in [0.25, 0.3) is 5.56 Å². The van der Waals surface area contributed by atoms with Crippen molar-refractivity contribution >= 4 is 46.1 Å². The van der Waals surface area contributed by atoms with Crippen molar-refractivity contribution in [3.05, 3.63) is 54.8 Å². The highest BCUT2D eigenvalue weighted by Crippen LogP contribution is 2.38. The number of hydrogen-bond acceptors (Lipinski definition) is 4. The lowest BCUT2D eigenvalue weighted by Crippen LogP contribution is -2.14. The first-order valence-electron chi connectivity index (χ1n) is 6.15. The molecule has 3 aromatic rings. The predicted molar refractivity (Wildman–Crippen MR) is 91.2 cm³/mol. The summed E-state index contributed by atoms with van der Waals surface area (Å²) < 4.78 is 0.340. The van der Waals surface area contributed by atoms with E-state index >= 15 is 0 Å². The molecule has 2 aromatic heterocycles. The summed E-state index contributed by atoms with van der Waals surface area (Å²) in [5.41, 5.74) is 2.21. The SMILES string of the molecule is Cc1n[nH]c(=O)c(-c2nc(Cl)c(Cl)s2)c1-c1ccc(Cl)cc1. The van der Waals surface area contributed by atoms with E-state index in [2.05, 4.69) is 15.2 Å². The topological polar surface area (TPSA) is 58.6 Å². The standard InChI is InChI=1S/C14H8Cl3N3OS/c1-6-9(7-2-4-8(15)5-3-7)10(13(21)20-19-6)14-18-11(16)12(17)22-14/h2-5H,1H3,(H,20,21). The number of nitrogens with one attached hydrogen (secondary N) is 1. The van der Waals surface area contributed by atoms with Crippen molar-refractivity contribution in [3.8, 4) is 21.7 Å². The zero-order valence-corrected chi connectivity index (χ0v) is 14.2. The Bertz CT molecular complexity index is 883. The number of aryl methyl sites for hydroxylation is 1. The van der Waals surface area contributed by atoms with Crippen LogP contribution >= 0.6 is 46.1 Å². The number of rotatable bonds is 2. The molecule has 0 unspecified atom stereocenters. The summed E-state index contributed by atoms with van der Waals surface area (Å²) in [5.74, 6) is 0. The molecule has 112 valence electrons. The average molecular weight is 373 g/mol. The van der Waals surface area contributed by atoms with Gasteiger partial charge in [0.2, 0.25) is 0 Å². The fourth-order valence-electron chi connectivity index (χ4n) is 2.10. The second-order valence-electron chi connectivity index (χ2n) is 4.48. The lowest BCUT2D eigenvalue weighted by molar-refractivity contribution is 0.951. The Labute approximate surface area is 144 Å². The molecule has 4 nitrogen and oxygen atoms in total. The quantitative estimate of drug-likeness (QED) is 0.701. The minimum Gasteiger partial charge on any atom is -0.267 e. The Morgan fingerprint density at radius 3 is 2.36 bits per heavy atom. The van der Waals surface area contributed by atoms with Crippen LogP contribution in [-0.2, 0) is 0 Å². The van der Waals surface area contributed by atoms with Crippen LogP contribution in [-0.4, -0.2) is 15.2 Å². The summed E-state index contributed by atoms with van der Waals surface area (Å²) in [6.07, 6.45) is 0. The monoisotopic (exact) mass is 371 g/mol. The highest BCUT2D eigenvalue weighted by molar-refractivity contribution is 7.19. The fourth-order valence-corrected chi connectivity index (χ4v) is 3.48. The molecule has 0 saturated heterocycles. The van der Waals surface area contributed by atoms with Gasteiger partial charge in [-0.05, 0) is 24.6 Å². The predicted octanol–water partition coefficient (Wildman–Crippen LogP) is 4.83. The molecule has 0 bridgehead atoms. The van der Waals surface area contributed by atoms with Crippen LogP contribution < -0.4 is 5.56 Å². The third-order valence-electron chi connectivity index (χ3n) is 3.06. The average Bonchev–Trinajstić information content (AvgIpc) is 2.81. The van der Waals surface area contributed by atoms with Crippen LogP contribution in [0.25, 0.3) is 21.7 Å². The highest BCUT2D eigenvalue weighted by Gasteiger charge is 2.20. The Morgan fingerprint density at radius 1 is 1.09 bits per heavy atom. The molecule has 22 heavy (non-hydrogen) atoms. The van der Waals surface area contributed by atoms with Crippen LogP contribution in [0.1, 0.15) is 5.69 Å². The van der Waals surface area contributed by atoms with Crippen LogP contribution in [0.3, 0.4) is 0 Å². The zero-order chi connectivity index (χ0) is 15.9. The Morgan fingerprint density at radius 2 is 1.77 bits per heavy atom. The molecule has 0 aliphatic carbocycles. The van der Waals surface area contributed by atoms with Crippen LogP contribution in [0.2, 0.25) is 14.5 Å². The molecule has 0 aliphatic heterocycles. The van der Waals surface area contributed by atoms with Crippen molar-refractivity contribution in [2.75, 3.05) is 0 Å². The van der Waals surface area contributed by atoms with Gasteiger partial charge in [-0.1, -0.05) is 58.3 Å². The summed E-state index contributed by atoms with van der Waals surface area (Å²) in [7, 11) is 0. The summed E-state index contributed by atoms with van der Waals surface area (Å²) in [5, 5.41) is 7.74. The number of aromatic amines is 1. The molecule has 0 amide bonds. The second-order valence-corrected chi connectivity index (χ2v) is 6.87. The van der Waals surface area contributed by atoms with E-state index in [4.69, 9.17) is 34.8 Å². The normalized spacial score (nSPS) is 10.9. The van der Waals surface area contributed by atoms with Crippen LogP contribution in [0.15, 0.2) is 29.1 Å². The molecule has 0 spiro atoms. The maximum Gasteiger partial charge on any atom is 0.275 e. The summed E-state index contributed by atoms with van der Waals surface area (Å²) in [6, 6.07) is 7.16. The third kappa shape index (κ3) is 2.77. The molecule has 0 radical (unpaired) electrons. The fraction of sp³-hybridized carbons (Fsp3) is 0.0714. The van der Waals surface area contributed by atoms with E-state index in [0.717, 1.165) is 16.9 Å². The van der Waals surface area contributed by atoms with Crippen molar-refractivity contribution in [1.82, 2.24) is 15.2 Å². The van der Waals surface area contributed by atoms with Gasteiger partial charge < -0.3 is 0 Å². The van der Waals surface area contributed by atoms with E-state index in [0.29, 0.717) is 31.2 Å². The maximum absolute atomic E-state index is 12.3. The minimum absolute atomic E-state index is 0.178. The molecule has 3 rings (SSSR count). The van der Waals surface area contributed by atoms with Crippen LogP contribution in [0, 0.1) is 6.92 Å². The smallest absolute Gasteiger partial charge is 0.267 e. The molecule has 0 saturated carbocycles. The molecule has 0 atom stereocenters. The second kappa shape index (κ2) is 6.01. The van der Waals surface area contributed by atoms with Crippen molar-refractivity contribution in [2.45, 2.75) is 6.92 Å². The van der Waals surface area contributed by atoms with Gasteiger partial charge in [0.05, 0.1) is 11.3 Å².